The predicted molar refractivity (Wildman–Crippen MR) is 113 cm³/mol. The molecule has 1 aromatic heterocycles. The molecular formula is C25H32N2O2. The van der Waals surface area contributed by atoms with Gasteiger partial charge in [0.15, 0.2) is 5.79 Å². The van der Waals surface area contributed by atoms with Gasteiger partial charge in [0, 0.05) is 35.4 Å². The summed E-state index contributed by atoms with van der Waals surface area (Å²) in [5.74, 6) is 0.262. The zero-order chi connectivity index (χ0) is 19.7. The topological polar surface area (TPSA) is 36.3 Å². The lowest BCUT2D eigenvalue weighted by Crippen LogP contribution is -2.62. The third-order valence-electron chi connectivity index (χ3n) is 8.83. The fourth-order valence-corrected chi connectivity index (χ4v) is 7.73. The fourth-order valence-electron chi connectivity index (χ4n) is 7.73. The van der Waals surface area contributed by atoms with Crippen molar-refractivity contribution in [2.24, 2.45) is 18.4 Å². The Hall–Kier alpha value is -1.65. The highest BCUT2D eigenvalue weighted by atomic mass is 16.7. The number of aryl methyl sites for hydroxylation is 1. The van der Waals surface area contributed by atoms with Crippen LogP contribution in [0.5, 0.6) is 0 Å². The van der Waals surface area contributed by atoms with E-state index in [1.54, 1.807) is 0 Å². The van der Waals surface area contributed by atoms with Gasteiger partial charge in [0.05, 0.1) is 24.6 Å². The minimum atomic E-state index is -0.331. The molecule has 1 saturated heterocycles. The van der Waals surface area contributed by atoms with E-state index in [0.29, 0.717) is 5.92 Å². The van der Waals surface area contributed by atoms with E-state index in [1.165, 1.54) is 54.6 Å². The minimum Gasteiger partial charge on any atom is -0.347 e. The summed E-state index contributed by atoms with van der Waals surface area (Å²) >= 11 is 0. The normalized spacial score (nSPS) is 31.9. The molecule has 6 rings (SSSR count). The Morgan fingerprint density at radius 1 is 1.00 bits per heavy atom. The van der Waals surface area contributed by atoms with Gasteiger partial charge in [-0.05, 0) is 38.0 Å². The average molecular weight is 393 g/mol. The monoisotopic (exact) mass is 392 g/mol. The Balaban J connectivity index is 1.49. The average Bonchev–Trinajstić information content (AvgIpc) is 3.46. The first-order valence-electron chi connectivity index (χ1n) is 11.5. The van der Waals surface area contributed by atoms with E-state index in [2.05, 4.69) is 49.0 Å². The van der Waals surface area contributed by atoms with Gasteiger partial charge < -0.3 is 9.47 Å². The van der Waals surface area contributed by atoms with Crippen LogP contribution in [0.2, 0.25) is 0 Å². The molecule has 4 nitrogen and oxygen atoms in total. The second-order valence-electron chi connectivity index (χ2n) is 9.99. The molecular weight excluding hydrogens is 360 g/mol. The fraction of sp³-hybridized carbons (Fsp3) is 0.640. The Morgan fingerprint density at radius 3 is 2.45 bits per heavy atom. The van der Waals surface area contributed by atoms with Crippen LogP contribution in [-0.2, 0) is 28.4 Å². The predicted octanol–water partition coefficient (Wildman–Crippen LogP) is 5.00. The Kier molecular flexibility index (Phi) is 3.87. The van der Waals surface area contributed by atoms with Crippen LogP contribution >= 0.6 is 0 Å². The van der Waals surface area contributed by atoms with Crippen molar-refractivity contribution in [3.63, 3.8) is 0 Å². The van der Waals surface area contributed by atoms with Crippen LogP contribution in [0.1, 0.15) is 63.1 Å². The molecule has 29 heavy (non-hydrogen) atoms. The molecule has 2 saturated carbocycles. The van der Waals surface area contributed by atoms with E-state index in [0.717, 1.165) is 32.5 Å². The van der Waals surface area contributed by atoms with Crippen molar-refractivity contribution in [3.05, 3.63) is 41.6 Å². The van der Waals surface area contributed by atoms with Gasteiger partial charge in [-0.25, -0.2) is 0 Å². The summed E-state index contributed by atoms with van der Waals surface area (Å²) in [5.41, 5.74) is 5.72. The zero-order valence-corrected chi connectivity index (χ0v) is 17.7. The first-order valence-corrected chi connectivity index (χ1v) is 11.5. The van der Waals surface area contributed by atoms with E-state index >= 15 is 0 Å². The van der Waals surface area contributed by atoms with Crippen molar-refractivity contribution in [3.8, 4) is 11.3 Å². The number of fused-ring (bicyclic) bond motifs is 5. The number of benzene rings is 1. The molecule has 1 aromatic carbocycles. The van der Waals surface area contributed by atoms with Crippen molar-refractivity contribution in [2.75, 3.05) is 13.2 Å². The molecule has 2 heterocycles. The first kappa shape index (κ1) is 18.1. The van der Waals surface area contributed by atoms with Crippen molar-refractivity contribution in [1.29, 1.82) is 0 Å². The van der Waals surface area contributed by atoms with Gasteiger partial charge >= 0.3 is 0 Å². The minimum absolute atomic E-state index is 0.114. The Bertz CT molecular complexity index is 922. The number of ether oxygens (including phenoxy) is 2. The largest absolute Gasteiger partial charge is 0.347 e. The Labute approximate surface area is 173 Å². The molecule has 2 spiro atoms. The molecule has 3 fully saturated rings. The van der Waals surface area contributed by atoms with Crippen LogP contribution in [0.15, 0.2) is 30.3 Å². The molecule has 2 atom stereocenters. The second-order valence-corrected chi connectivity index (χ2v) is 9.99. The molecule has 0 unspecified atom stereocenters. The summed E-state index contributed by atoms with van der Waals surface area (Å²) < 4.78 is 15.0. The van der Waals surface area contributed by atoms with E-state index < -0.39 is 0 Å². The highest BCUT2D eigenvalue weighted by Gasteiger charge is 2.68. The number of nitrogens with zero attached hydrogens (tertiary/aromatic N) is 2. The second kappa shape index (κ2) is 6.18. The number of hydrogen-bond donors (Lipinski definition) is 0. The number of rotatable bonds is 1. The van der Waals surface area contributed by atoms with Gasteiger partial charge in [-0.1, -0.05) is 50.1 Å². The van der Waals surface area contributed by atoms with Crippen LogP contribution in [0.4, 0.5) is 0 Å². The van der Waals surface area contributed by atoms with Crippen molar-refractivity contribution >= 4 is 0 Å². The summed E-state index contributed by atoms with van der Waals surface area (Å²) in [6, 6.07) is 10.8. The lowest BCUT2D eigenvalue weighted by Gasteiger charge is -2.60. The van der Waals surface area contributed by atoms with E-state index in [4.69, 9.17) is 14.6 Å². The quantitative estimate of drug-likeness (QED) is 0.685. The van der Waals surface area contributed by atoms with Gasteiger partial charge in [-0.3, -0.25) is 4.68 Å². The summed E-state index contributed by atoms with van der Waals surface area (Å²) in [5, 5.41) is 5.19. The molecule has 3 aliphatic carbocycles. The highest BCUT2D eigenvalue weighted by molar-refractivity contribution is 5.66. The molecule has 0 amide bonds. The zero-order valence-electron chi connectivity index (χ0n) is 17.7. The molecule has 0 bridgehead atoms. The third kappa shape index (κ3) is 2.25. The van der Waals surface area contributed by atoms with E-state index in [9.17, 15) is 0 Å². The van der Waals surface area contributed by atoms with Crippen LogP contribution in [0.3, 0.4) is 0 Å². The van der Waals surface area contributed by atoms with Gasteiger partial charge in [0.1, 0.15) is 0 Å². The summed E-state index contributed by atoms with van der Waals surface area (Å²) in [7, 11) is 2.12. The number of aromatic nitrogens is 2. The SMILES string of the molecule is Cn1nc2c(c1-c1ccccc1)CC[C@H]1C3(CCCC3)C3(CC[C@]21C)OCCO3. The van der Waals surface area contributed by atoms with E-state index in [-0.39, 0.29) is 16.6 Å². The third-order valence-corrected chi connectivity index (χ3v) is 8.83. The molecule has 154 valence electrons. The maximum Gasteiger partial charge on any atom is 0.174 e. The van der Waals surface area contributed by atoms with Crippen LogP contribution in [0.25, 0.3) is 11.3 Å². The summed E-state index contributed by atoms with van der Waals surface area (Å²) in [6.45, 7) is 4.02. The van der Waals surface area contributed by atoms with E-state index in [1.807, 2.05) is 0 Å². The lowest BCUT2D eigenvalue weighted by atomic mass is 9.47. The van der Waals surface area contributed by atoms with Crippen molar-refractivity contribution in [2.45, 2.75) is 69.5 Å². The highest BCUT2D eigenvalue weighted by Crippen LogP contribution is 2.68. The Morgan fingerprint density at radius 2 is 1.72 bits per heavy atom. The molecule has 4 heteroatoms. The van der Waals surface area contributed by atoms with Gasteiger partial charge in [-0.2, -0.15) is 5.10 Å². The summed E-state index contributed by atoms with van der Waals surface area (Å²) in [6.07, 6.45) is 9.59. The molecule has 0 N–H and O–H groups in total. The summed E-state index contributed by atoms with van der Waals surface area (Å²) in [4.78, 5) is 0. The molecule has 2 aromatic rings. The van der Waals surface area contributed by atoms with Crippen molar-refractivity contribution in [1.82, 2.24) is 9.78 Å². The standard InChI is InChI=1S/C25H32N2O2/c1-23-14-15-25(28-16-17-29-25)24(12-6-7-13-24)20(23)11-10-19-21(27(2)26-22(19)23)18-8-4-3-5-9-18/h3-5,8-9,20H,6-7,10-17H2,1-2H3/t20-,23+/m1/s1. The smallest absolute Gasteiger partial charge is 0.174 e. The molecule has 0 radical (unpaired) electrons. The van der Waals surface area contributed by atoms with Crippen molar-refractivity contribution < 1.29 is 9.47 Å². The van der Waals surface area contributed by atoms with Crippen LogP contribution < -0.4 is 0 Å². The van der Waals surface area contributed by atoms with Gasteiger partial charge in [-0.15, -0.1) is 0 Å². The first-order chi connectivity index (χ1) is 14.1. The maximum atomic E-state index is 6.45. The lowest BCUT2D eigenvalue weighted by molar-refractivity contribution is -0.286. The number of hydrogen-bond acceptors (Lipinski definition) is 3. The van der Waals surface area contributed by atoms with Crippen LogP contribution in [0, 0.1) is 11.3 Å². The molecule has 1 aliphatic heterocycles. The van der Waals surface area contributed by atoms with Crippen LogP contribution in [-0.4, -0.2) is 28.8 Å². The molecule has 4 aliphatic rings. The van der Waals surface area contributed by atoms with Gasteiger partial charge in [0.25, 0.3) is 0 Å². The maximum absolute atomic E-state index is 6.45. The van der Waals surface area contributed by atoms with Gasteiger partial charge in [0.2, 0.25) is 0 Å².